The van der Waals surface area contributed by atoms with E-state index in [2.05, 4.69) is 36.3 Å². The summed E-state index contributed by atoms with van der Waals surface area (Å²) in [5.74, 6) is -0.214. The number of rotatable bonds is 3. The van der Waals surface area contributed by atoms with E-state index in [9.17, 15) is 4.79 Å². The highest BCUT2D eigenvalue weighted by Gasteiger charge is 2.14. The van der Waals surface area contributed by atoms with E-state index in [1.54, 1.807) is 12.4 Å². The van der Waals surface area contributed by atoms with Gasteiger partial charge in [-0.15, -0.1) is 0 Å². The van der Waals surface area contributed by atoms with Crippen LogP contribution in [0.4, 0.5) is 0 Å². The molecule has 0 saturated carbocycles. The molecule has 4 nitrogen and oxygen atoms in total. The number of hydrogen-bond donors (Lipinski definition) is 1. The molecule has 0 saturated heterocycles. The maximum atomic E-state index is 12.1. The molecule has 0 bridgehead atoms. The molecule has 0 aliphatic heterocycles. The first-order valence-electron chi connectivity index (χ1n) is 7.23. The zero-order valence-corrected chi connectivity index (χ0v) is 13.4. The van der Waals surface area contributed by atoms with Gasteiger partial charge in [0, 0.05) is 23.5 Å². The normalized spacial score (nSPS) is 12.1. The molecule has 114 valence electrons. The third-order valence-electron chi connectivity index (χ3n) is 3.44. The van der Waals surface area contributed by atoms with E-state index in [1.807, 2.05) is 43.3 Å². The number of aromatic nitrogens is 1. The van der Waals surface area contributed by atoms with Crippen LogP contribution in [0.1, 0.15) is 49.2 Å². The minimum atomic E-state index is -0.214. The van der Waals surface area contributed by atoms with E-state index in [4.69, 9.17) is 0 Å². The summed E-state index contributed by atoms with van der Waals surface area (Å²) in [5, 5.41) is 4.13. The van der Waals surface area contributed by atoms with Crippen LogP contribution in [0.5, 0.6) is 0 Å². The van der Waals surface area contributed by atoms with E-state index in [0.717, 1.165) is 11.3 Å². The third kappa shape index (κ3) is 4.01. The van der Waals surface area contributed by atoms with Crippen LogP contribution in [-0.4, -0.2) is 16.6 Å². The number of hydrazone groups is 1. The Bertz CT molecular complexity index is 668. The van der Waals surface area contributed by atoms with Gasteiger partial charge in [0.05, 0.1) is 5.71 Å². The fourth-order valence-corrected chi connectivity index (χ4v) is 1.98. The van der Waals surface area contributed by atoms with Crippen LogP contribution in [0.15, 0.2) is 53.9 Å². The number of nitrogens with one attached hydrogen (secondary N) is 1. The van der Waals surface area contributed by atoms with E-state index in [1.165, 1.54) is 5.56 Å². The predicted octanol–water partition coefficient (Wildman–Crippen LogP) is 3.53. The largest absolute Gasteiger partial charge is 0.271 e. The molecule has 1 aromatic carbocycles. The number of hydrogen-bond acceptors (Lipinski definition) is 3. The van der Waals surface area contributed by atoms with Crippen molar-refractivity contribution in [1.29, 1.82) is 0 Å². The van der Waals surface area contributed by atoms with Gasteiger partial charge < -0.3 is 0 Å². The van der Waals surface area contributed by atoms with Gasteiger partial charge in [-0.3, -0.25) is 9.78 Å². The van der Waals surface area contributed by atoms with Gasteiger partial charge in [-0.25, -0.2) is 5.43 Å². The summed E-state index contributed by atoms with van der Waals surface area (Å²) in [5.41, 5.74) is 6.12. The summed E-state index contributed by atoms with van der Waals surface area (Å²) in [7, 11) is 0. The van der Waals surface area contributed by atoms with Crippen LogP contribution in [0.25, 0.3) is 0 Å². The number of nitrogens with zero attached hydrogens (tertiary/aromatic N) is 2. The first-order chi connectivity index (χ1) is 10.4. The van der Waals surface area contributed by atoms with Gasteiger partial charge in [0.1, 0.15) is 0 Å². The monoisotopic (exact) mass is 295 g/mol. The van der Waals surface area contributed by atoms with Crippen LogP contribution in [0.3, 0.4) is 0 Å². The van der Waals surface area contributed by atoms with Crippen molar-refractivity contribution in [3.63, 3.8) is 0 Å². The third-order valence-corrected chi connectivity index (χ3v) is 3.44. The summed E-state index contributed by atoms with van der Waals surface area (Å²) in [4.78, 5) is 16.1. The average Bonchev–Trinajstić information content (AvgIpc) is 2.52. The lowest BCUT2D eigenvalue weighted by Crippen LogP contribution is -2.20. The minimum absolute atomic E-state index is 0.0745. The molecular weight excluding hydrogens is 274 g/mol. The summed E-state index contributed by atoms with van der Waals surface area (Å²) in [6.45, 7) is 8.28. The van der Waals surface area contributed by atoms with E-state index in [0.29, 0.717) is 5.56 Å². The van der Waals surface area contributed by atoms with Gasteiger partial charge >= 0.3 is 0 Å². The highest BCUT2D eigenvalue weighted by Crippen LogP contribution is 2.22. The fourth-order valence-electron chi connectivity index (χ4n) is 1.98. The van der Waals surface area contributed by atoms with Gasteiger partial charge in [-0.1, -0.05) is 32.9 Å². The molecule has 1 N–H and O–H groups in total. The Kier molecular flexibility index (Phi) is 4.71. The molecule has 0 atom stereocenters. The van der Waals surface area contributed by atoms with Gasteiger partial charge in [-0.05, 0) is 42.2 Å². The zero-order chi connectivity index (χ0) is 16.2. The lowest BCUT2D eigenvalue weighted by molar-refractivity contribution is 0.0955. The molecule has 0 aliphatic rings. The molecular formula is C18H21N3O. The fraction of sp³-hybridized carbons (Fsp3) is 0.278. The lowest BCUT2D eigenvalue weighted by Gasteiger charge is -2.18. The molecule has 0 aliphatic carbocycles. The second-order valence-electron chi connectivity index (χ2n) is 6.20. The minimum Gasteiger partial charge on any atom is -0.267 e. The van der Waals surface area contributed by atoms with Crippen molar-refractivity contribution >= 4 is 11.6 Å². The van der Waals surface area contributed by atoms with Crippen LogP contribution in [0, 0.1) is 0 Å². The molecule has 1 aromatic heterocycles. The smallest absolute Gasteiger partial charge is 0.267 e. The number of benzene rings is 1. The summed E-state index contributed by atoms with van der Waals surface area (Å²) >= 11 is 0. The van der Waals surface area contributed by atoms with Crippen molar-refractivity contribution in [1.82, 2.24) is 10.4 Å². The molecule has 1 amide bonds. The molecule has 0 fully saturated rings. The standard InChI is InChI=1S/C18H21N3O/c1-13(14-9-11-19-12-10-14)20-21-17(22)15-5-7-16(8-6-15)18(2,3)4/h5-12H,1-4H3,(H,21,22)/b20-13-. The van der Waals surface area contributed by atoms with Gasteiger partial charge in [0.25, 0.3) is 5.91 Å². The van der Waals surface area contributed by atoms with Crippen molar-refractivity contribution in [2.45, 2.75) is 33.1 Å². The van der Waals surface area contributed by atoms with Crippen molar-refractivity contribution in [3.05, 3.63) is 65.5 Å². The number of carbonyl (C=O) groups is 1. The van der Waals surface area contributed by atoms with Crippen LogP contribution < -0.4 is 5.43 Å². The average molecular weight is 295 g/mol. The highest BCUT2D eigenvalue weighted by molar-refractivity contribution is 6.00. The van der Waals surface area contributed by atoms with Crippen LogP contribution >= 0.6 is 0 Å². The van der Waals surface area contributed by atoms with Crippen LogP contribution in [-0.2, 0) is 5.41 Å². The zero-order valence-electron chi connectivity index (χ0n) is 13.4. The van der Waals surface area contributed by atoms with Gasteiger partial charge in [0.2, 0.25) is 0 Å². The van der Waals surface area contributed by atoms with Crippen LogP contribution in [0.2, 0.25) is 0 Å². The van der Waals surface area contributed by atoms with Gasteiger partial charge in [0.15, 0.2) is 0 Å². The van der Waals surface area contributed by atoms with E-state index in [-0.39, 0.29) is 11.3 Å². The van der Waals surface area contributed by atoms with Gasteiger partial charge in [-0.2, -0.15) is 5.10 Å². The van der Waals surface area contributed by atoms with Crippen molar-refractivity contribution in [2.24, 2.45) is 5.10 Å². The maximum absolute atomic E-state index is 12.1. The Balaban J connectivity index is 2.07. The quantitative estimate of drug-likeness (QED) is 0.695. The topological polar surface area (TPSA) is 54.4 Å². The Morgan fingerprint density at radius 2 is 1.59 bits per heavy atom. The Morgan fingerprint density at radius 1 is 1.00 bits per heavy atom. The molecule has 0 unspecified atom stereocenters. The highest BCUT2D eigenvalue weighted by atomic mass is 16.2. The first kappa shape index (κ1) is 15.9. The SMILES string of the molecule is C/C(=N/NC(=O)c1ccc(C(C)(C)C)cc1)c1ccncc1. The van der Waals surface area contributed by atoms with E-state index < -0.39 is 0 Å². The first-order valence-corrected chi connectivity index (χ1v) is 7.23. The van der Waals surface area contributed by atoms with Crippen molar-refractivity contribution < 1.29 is 4.79 Å². The summed E-state index contributed by atoms with van der Waals surface area (Å²) in [6, 6.07) is 11.3. The Morgan fingerprint density at radius 3 is 2.14 bits per heavy atom. The number of amides is 1. The summed E-state index contributed by atoms with van der Waals surface area (Å²) < 4.78 is 0. The molecule has 0 radical (unpaired) electrons. The molecule has 22 heavy (non-hydrogen) atoms. The molecule has 2 rings (SSSR count). The molecule has 1 heterocycles. The maximum Gasteiger partial charge on any atom is 0.271 e. The molecule has 4 heteroatoms. The lowest BCUT2D eigenvalue weighted by atomic mass is 9.87. The predicted molar refractivity (Wildman–Crippen MR) is 89.1 cm³/mol. The van der Waals surface area contributed by atoms with Crippen molar-refractivity contribution in [2.75, 3.05) is 0 Å². The second kappa shape index (κ2) is 6.52. The Hall–Kier alpha value is -2.49. The number of carbonyl (C=O) groups excluding carboxylic acids is 1. The van der Waals surface area contributed by atoms with E-state index >= 15 is 0 Å². The number of pyridine rings is 1. The molecule has 0 spiro atoms. The Labute approximate surface area is 131 Å². The second-order valence-corrected chi connectivity index (χ2v) is 6.20. The van der Waals surface area contributed by atoms with Crippen molar-refractivity contribution in [3.8, 4) is 0 Å². The molecule has 2 aromatic rings. The summed E-state index contributed by atoms with van der Waals surface area (Å²) in [6.07, 6.45) is 3.39.